The minimum Gasteiger partial charge on any atom is -0.336 e. The number of nitrogens with one attached hydrogen (secondary N) is 2. The van der Waals surface area contributed by atoms with Crippen LogP contribution in [0.4, 0.5) is 4.39 Å². The van der Waals surface area contributed by atoms with Gasteiger partial charge < -0.3 is 4.98 Å². The molecule has 5 rings (SSSR count). The molecule has 3 heterocycles. The minimum absolute atomic E-state index is 0.322. The third kappa shape index (κ3) is 6.23. The Morgan fingerprint density at radius 1 is 1.05 bits per heavy atom. The van der Waals surface area contributed by atoms with Crippen molar-refractivity contribution in [3.8, 4) is 22.8 Å². The standard InChI is InChI=1S/C35H32FN5/c1-5-25(16-17-26-11-8-7-9-12-26)21-27(6-2)23(3)15-18-30-24(4)32(41-40-30)35-38-31-19-20-37-33(34(31)39-35)28-13-10-14-29(36)22-28/h5-15,18-22,40H,1,4,16-17H2,2-3H3,(H,38,39)/b23-15+,25-21+,27-6+,30-18+. The van der Waals surface area contributed by atoms with Crippen LogP contribution in [0.1, 0.15) is 25.8 Å². The van der Waals surface area contributed by atoms with Gasteiger partial charge in [-0.1, -0.05) is 79.9 Å². The molecular weight excluding hydrogens is 509 g/mol. The van der Waals surface area contributed by atoms with Gasteiger partial charge in [0, 0.05) is 17.0 Å². The number of allylic oxidation sites excluding steroid dienone is 7. The van der Waals surface area contributed by atoms with Crippen LogP contribution in [0.5, 0.6) is 0 Å². The molecule has 0 saturated heterocycles. The number of hydrogen-bond acceptors (Lipinski definition) is 3. The topological polar surface area (TPSA) is 70.2 Å². The molecule has 0 atom stereocenters. The second-order valence-corrected chi connectivity index (χ2v) is 9.79. The van der Waals surface area contributed by atoms with Gasteiger partial charge in [-0.15, -0.1) is 0 Å². The van der Waals surface area contributed by atoms with E-state index >= 15 is 0 Å². The molecule has 0 unspecified atom stereocenters. The van der Waals surface area contributed by atoms with Gasteiger partial charge in [-0.3, -0.25) is 10.1 Å². The van der Waals surface area contributed by atoms with Crippen molar-refractivity contribution in [2.75, 3.05) is 0 Å². The summed E-state index contributed by atoms with van der Waals surface area (Å²) in [6.45, 7) is 12.4. The zero-order valence-corrected chi connectivity index (χ0v) is 23.3. The van der Waals surface area contributed by atoms with Crippen molar-refractivity contribution in [1.82, 2.24) is 25.1 Å². The molecule has 2 aromatic carbocycles. The average molecular weight is 542 g/mol. The first-order valence-corrected chi connectivity index (χ1v) is 13.5. The van der Waals surface area contributed by atoms with E-state index in [9.17, 15) is 4.39 Å². The number of imidazole rings is 1. The molecular formula is C35H32FN5. The van der Waals surface area contributed by atoms with Gasteiger partial charge >= 0.3 is 0 Å². The van der Waals surface area contributed by atoms with E-state index in [1.807, 2.05) is 37.3 Å². The highest BCUT2D eigenvalue weighted by atomic mass is 19.1. The van der Waals surface area contributed by atoms with Crippen molar-refractivity contribution in [2.45, 2.75) is 26.7 Å². The Hall–Kier alpha value is -5.10. The Morgan fingerprint density at radius 3 is 2.63 bits per heavy atom. The van der Waals surface area contributed by atoms with E-state index in [1.54, 1.807) is 12.3 Å². The molecule has 41 heavy (non-hydrogen) atoms. The summed E-state index contributed by atoms with van der Waals surface area (Å²) < 4.78 is 13.9. The Labute approximate surface area is 238 Å². The Morgan fingerprint density at radius 2 is 1.88 bits per heavy atom. The van der Waals surface area contributed by atoms with E-state index in [1.165, 1.54) is 23.3 Å². The maximum Gasteiger partial charge on any atom is 0.159 e. The summed E-state index contributed by atoms with van der Waals surface area (Å²) in [5.74, 6) is 0.246. The second kappa shape index (κ2) is 12.4. The molecule has 0 amide bonds. The van der Waals surface area contributed by atoms with Crippen LogP contribution < -0.4 is 10.6 Å². The second-order valence-electron chi connectivity index (χ2n) is 9.79. The van der Waals surface area contributed by atoms with Crippen LogP contribution in [0.2, 0.25) is 0 Å². The number of pyridine rings is 1. The van der Waals surface area contributed by atoms with E-state index in [0.29, 0.717) is 28.3 Å². The van der Waals surface area contributed by atoms with Crippen LogP contribution in [0.3, 0.4) is 0 Å². The summed E-state index contributed by atoms with van der Waals surface area (Å²) in [5.41, 5.74) is 8.05. The molecule has 204 valence electrons. The van der Waals surface area contributed by atoms with Crippen molar-refractivity contribution in [1.29, 1.82) is 0 Å². The third-order valence-corrected chi connectivity index (χ3v) is 7.04. The lowest BCUT2D eigenvalue weighted by atomic mass is 9.99. The van der Waals surface area contributed by atoms with Crippen LogP contribution in [0.15, 0.2) is 114 Å². The highest BCUT2D eigenvalue weighted by Crippen LogP contribution is 2.27. The highest BCUT2D eigenvalue weighted by Gasteiger charge is 2.14. The van der Waals surface area contributed by atoms with Crippen molar-refractivity contribution in [3.05, 3.63) is 136 Å². The van der Waals surface area contributed by atoms with E-state index in [0.717, 1.165) is 40.1 Å². The molecule has 0 aliphatic carbocycles. The molecule has 0 fully saturated rings. The Bertz CT molecular complexity index is 1910. The van der Waals surface area contributed by atoms with Crippen molar-refractivity contribution in [3.63, 3.8) is 0 Å². The largest absolute Gasteiger partial charge is 0.336 e. The number of benzene rings is 2. The Balaban J connectivity index is 1.40. The van der Waals surface area contributed by atoms with Gasteiger partial charge in [-0.05, 0) is 73.2 Å². The maximum absolute atomic E-state index is 13.9. The smallest absolute Gasteiger partial charge is 0.159 e. The molecule has 0 aliphatic rings. The first-order valence-electron chi connectivity index (χ1n) is 13.5. The molecule has 0 saturated carbocycles. The monoisotopic (exact) mass is 541 g/mol. The zero-order chi connectivity index (χ0) is 28.8. The number of rotatable bonds is 9. The molecule has 3 aromatic heterocycles. The van der Waals surface area contributed by atoms with Crippen molar-refractivity contribution >= 4 is 23.7 Å². The fourth-order valence-corrected chi connectivity index (χ4v) is 4.70. The van der Waals surface area contributed by atoms with Gasteiger partial charge in [0.15, 0.2) is 5.82 Å². The van der Waals surface area contributed by atoms with Crippen molar-refractivity contribution in [2.24, 2.45) is 0 Å². The molecule has 0 aliphatic heterocycles. The zero-order valence-electron chi connectivity index (χ0n) is 23.3. The van der Waals surface area contributed by atoms with E-state index in [-0.39, 0.29) is 5.82 Å². The number of halogens is 1. The lowest BCUT2D eigenvalue weighted by Crippen LogP contribution is -2.21. The number of aromatic nitrogens is 5. The number of aromatic amines is 2. The van der Waals surface area contributed by atoms with Gasteiger partial charge in [-0.25, -0.2) is 9.37 Å². The molecule has 0 bridgehead atoms. The van der Waals surface area contributed by atoms with Gasteiger partial charge in [0.1, 0.15) is 17.0 Å². The molecule has 6 heteroatoms. The fraction of sp³-hybridized carbons (Fsp3) is 0.114. The van der Waals surface area contributed by atoms with Gasteiger partial charge in [0.05, 0.1) is 16.6 Å². The summed E-state index contributed by atoms with van der Waals surface area (Å²) in [5, 5.41) is 9.09. The predicted octanol–water partition coefficient (Wildman–Crippen LogP) is 6.98. The van der Waals surface area contributed by atoms with Crippen LogP contribution >= 0.6 is 0 Å². The number of hydrogen-bond donors (Lipinski definition) is 2. The molecule has 0 spiro atoms. The quantitative estimate of drug-likeness (QED) is 0.198. The van der Waals surface area contributed by atoms with Crippen LogP contribution in [0.25, 0.3) is 46.5 Å². The molecule has 0 radical (unpaired) electrons. The summed E-state index contributed by atoms with van der Waals surface area (Å²) >= 11 is 0. The van der Waals surface area contributed by atoms with E-state index in [4.69, 9.17) is 4.98 Å². The lowest BCUT2D eigenvalue weighted by molar-refractivity contribution is 0.628. The van der Waals surface area contributed by atoms with Crippen LogP contribution in [-0.2, 0) is 6.42 Å². The molecule has 5 nitrogen and oxygen atoms in total. The lowest BCUT2D eigenvalue weighted by Gasteiger charge is -2.06. The SMILES string of the molecule is C=C\C(=C/C(=C\C)C(/C)=C/C=c1/[nH]nc(-c2nc3c(-c4cccc(F)c4)nccc3[nH]2)c1=C)CCc1ccccc1. The maximum atomic E-state index is 13.9. The van der Waals surface area contributed by atoms with E-state index in [2.05, 4.69) is 82.7 Å². The summed E-state index contributed by atoms with van der Waals surface area (Å²) in [4.78, 5) is 12.5. The van der Waals surface area contributed by atoms with Gasteiger partial charge in [0.25, 0.3) is 0 Å². The number of H-pyrrole nitrogens is 2. The number of nitrogens with zero attached hydrogens (tertiary/aromatic N) is 3. The van der Waals surface area contributed by atoms with Crippen LogP contribution in [0, 0.1) is 5.82 Å². The normalized spacial score (nSPS) is 13.2. The fourth-order valence-electron chi connectivity index (χ4n) is 4.70. The predicted molar refractivity (Wildman–Crippen MR) is 167 cm³/mol. The third-order valence-electron chi connectivity index (χ3n) is 7.04. The first-order chi connectivity index (χ1) is 20.0. The highest BCUT2D eigenvalue weighted by molar-refractivity contribution is 5.91. The Kier molecular flexibility index (Phi) is 8.30. The summed E-state index contributed by atoms with van der Waals surface area (Å²) in [6, 6.07) is 18.7. The number of fused-ring (bicyclic) bond motifs is 1. The van der Waals surface area contributed by atoms with Crippen LogP contribution in [-0.4, -0.2) is 25.1 Å². The number of aryl methyl sites for hydroxylation is 1. The van der Waals surface area contributed by atoms with E-state index < -0.39 is 0 Å². The van der Waals surface area contributed by atoms with Crippen molar-refractivity contribution < 1.29 is 4.39 Å². The minimum atomic E-state index is -0.322. The molecule has 2 N–H and O–H groups in total. The van der Waals surface area contributed by atoms with Gasteiger partial charge in [0.2, 0.25) is 0 Å². The molecule has 5 aromatic rings. The van der Waals surface area contributed by atoms with Gasteiger partial charge in [-0.2, -0.15) is 5.10 Å². The average Bonchev–Trinajstić information content (AvgIpc) is 3.59. The summed E-state index contributed by atoms with van der Waals surface area (Å²) in [7, 11) is 0. The first kappa shape index (κ1) is 27.5. The summed E-state index contributed by atoms with van der Waals surface area (Å²) in [6.07, 6.45) is 13.8.